The number of benzene rings is 1. The Morgan fingerprint density at radius 3 is 2.40 bits per heavy atom. The second kappa shape index (κ2) is 10.6. The van der Waals surface area contributed by atoms with Gasteiger partial charge in [-0.15, -0.1) is 0 Å². The molecule has 0 radical (unpaired) electrons. The first kappa shape index (κ1) is 22.3. The van der Waals surface area contributed by atoms with Crippen LogP contribution in [0.5, 0.6) is 0 Å². The number of carbonyl (C=O) groups is 3. The third kappa shape index (κ3) is 5.19. The molecule has 0 spiro atoms. The Labute approximate surface area is 178 Å². The van der Waals surface area contributed by atoms with Gasteiger partial charge in [0.2, 0.25) is 5.91 Å². The first-order chi connectivity index (χ1) is 14.5. The van der Waals surface area contributed by atoms with Gasteiger partial charge in [0.25, 0.3) is 5.91 Å². The quantitative estimate of drug-likeness (QED) is 0.453. The van der Waals surface area contributed by atoms with Gasteiger partial charge >= 0.3 is 6.03 Å². The second-order valence-corrected chi connectivity index (χ2v) is 8.56. The summed E-state index contributed by atoms with van der Waals surface area (Å²) in [7, 11) is 0. The number of hydrogen-bond donors (Lipinski definition) is 2. The van der Waals surface area contributed by atoms with Crippen LogP contribution in [-0.2, 0) is 16.1 Å². The summed E-state index contributed by atoms with van der Waals surface area (Å²) in [6.07, 6.45) is 8.05. The standard InChI is InChI=1S/C23H34N4O3/c24-14-8-7-13-19-22(29)27(20(21(25)28)15-17-9-3-1-4-10-17)23(30)26(19)16-18-11-5-2-6-12-18/h2,5-6,11-12,17,19-20H,1,3-4,7-10,13-16,24H2,(H2,25,28)/t19-,20-/m1/s1. The molecule has 4 N–H and O–H groups in total. The molecule has 3 rings (SSSR count). The smallest absolute Gasteiger partial charge is 0.328 e. The lowest BCUT2D eigenvalue weighted by atomic mass is 9.84. The van der Waals surface area contributed by atoms with E-state index in [0.717, 1.165) is 49.0 Å². The third-order valence-electron chi connectivity index (χ3n) is 6.40. The summed E-state index contributed by atoms with van der Waals surface area (Å²) in [6.45, 7) is 0.882. The van der Waals surface area contributed by atoms with Crippen molar-refractivity contribution in [3.05, 3.63) is 35.9 Å². The van der Waals surface area contributed by atoms with E-state index < -0.39 is 24.0 Å². The number of imide groups is 1. The fraction of sp³-hybridized carbons (Fsp3) is 0.609. The molecule has 1 aliphatic carbocycles. The molecule has 2 aliphatic rings. The molecule has 1 aliphatic heterocycles. The van der Waals surface area contributed by atoms with Crippen LogP contribution in [0.3, 0.4) is 0 Å². The van der Waals surface area contributed by atoms with E-state index in [1.807, 2.05) is 30.3 Å². The Morgan fingerprint density at radius 2 is 1.77 bits per heavy atom. The molecule has 30 heavy (non-hydrogen) atoms. The highest BCUT2D eigenvalue weighted by Crippen LogP contribution is 2.32. The van der Waals surface area contributed by atoms with Crippen LogP contribution in [-0.4, -0.2) is 46.3 Å². The first-order valence-electron chi connectivity index (χ1n) is 11.2. The summed E-state index contributed by atoms with van der Waals surface area (Å²) in [4.78, 5) is 41.8. The number of nitrogens with zero attached hydrogens (tertiary/aromatic N) is 2. The molecule has 1 aromatic rings. The summed E-state index contributed by atoms with van der Waals surface area (Å²) in [5.74, 6) is -0.562. The van der Waals surface area contributed by atoms with E-state index in [0.29, 0.717) is 31.8 Å². The molecule has 0 aromatic heterocycles. The van der Waals surface area contributed by atoms with Gasteiger partial charge in [-0.05, 0) is 43.7 Å². The first-order valence-corrected chi connectivity index (χ1v) is 11.2. The lowest BCUT2D eigenvalue weighted by Crippen LogP contribution is -2.49. The lowest BCUT2D eigenvalue weighted by Gasteiger charge is -2.29. The van der Waals surface area contributed by atoms with Crippen molar-refractivity contribution in [3.8, 4) is 0 Å². The average molecular weight is 415 g/mol. The highest BCUT2D eigenvalue weighted by atomic mass is 16.2. The summed E-state index contributed by atoms with van der Waals surface area (Å²) in [5, 5.41) is 0. The molecule has 0 bridgehead atoms. The topological polar surface area (TPSA) is 110 Å². The Kier molecular flexibility index (Phi) is 7.85. The molecular weight excluding hydrogens is 380 g/mol. The van der Waals surface area contributed by atoms with E-state index in [4.69, 9.17) is 11.5 Å². The lowest BCUT2D eigenvalue weighted by molar-refractivity contribution is -0.135. The minimum atomic E-state index is -0.870. The third-order valence-corrected chi connectivity index (χ3v) is 6.40. The van der Waals surface area contributed by atoms with Crippen LogP contribution in [0.25, 0.3) is 0 Å². The fourth-order valence-electron chi connectivity index (χ4n) is 4.75. The predicted octanol–water partition coefficient (Wildman–Crippen LogP) is 2.77. The highest BCUT2D eigenvalue weighted by Gasteiger charge is 2.49. The van der Waals surface area contributed by atoms with Crippen molar-refractivity contribution in [1.29, 1.82) is 0 Å². The zero-order chi connectivity index (χ0) is 21.5. The minimum absolute atomic E-state index is 0.299. The monoisotopic (exact) mass is 414 g/mol. The Hall–Kier alpha value is -2.41. The molecule has 1 heterocycles. The Morgan fingerprint density at radius 1 is 1.07 bits per heavy atom. The van der Waals surface area contributed by atoms with Gasteiger partial charge in [-0.25, -0.2) is 9.69 Å². The van der Waals surface area contributed by atoms with Crippen molar-refractivity contribution in [2.24, 2.45) is 17.4 Å². The van der Waals surface area contributed by atoms with Crippen molar-refractivity contribution in [2.45, 2.75) is 76.4 Å². The number of primary amides is 1. The second-order valence-electron chi connectivity index (χ2n) is 8.56. The van der Waals surface area contributed by atoms with Crippen molar-refractivity contribution in [1.82, 2.24) is 9.80 Å². The Bertz CT molecular complexity index is 733. The number of hydrogen-bond acceptors (Lipinski definition) is 4. The number of rotatable bonds is 10. The number of urea groups is 1. The molecule has 1 aromatic carbocycles. The summed E-state index contributed by atoms with van der Waals surface area (Å²) < 4.78 is 0. The maximum atomic E-state index is 13.3. The molecule has 2 atom stereocenters. The SMILES string of the molecule is NCCCC[C@@H]1C(=O)N([C@H](CC2CCCCC2)C(N)=O)C(=O)N1Cc1ccccc1. The van der Waals surface area contributed by atoms with Crippen LogP contribution < -0.4 is 11.5 Å². The van der Waals surface area contributed by atoms with Crippen LogP contribution in [0.2, 0.25) is 0 Å². The van der Waals surface area contributed by atoms with E-state index in [9.17, 15) is 14.4 Å². The highest BCUT2D eigenvalue weighted by molar-refractivity contribution is 6.07. The van der Waals surface area contributed by atoms with Gasteiger partial charge in [0.15, 0.2) is 0 Å². The Balaban J connectivity index is 1.82. The van der Waals surface area contributed by atoms with Crippen molar-refractivity contribution < 1.29 is 14.4 Å². The van der Waals surface area contributed by atoms with Crippen LogP contribution in [0.15, 0.2) is 30.3 Å². The average Bonchev–Trinajstić information content (AvgIpc) is 2.97. The molecule has 4 amide bonds. The summed E-state index contributed by atoms with van der Waals surface area (Å²) >= 11 is 0. The summed E-state index contributed by atoms with van der Waals surface area (Å²) in [6, 6.07) is 7.77. The molecule has 164 valence electrons. The van der Waals surface area contributed by atoms with Crippen LogP contribution in [0.4, 0.5) is 4.79 Å². The fourth-order valence-corrected chi connectivity index (χ4v) is 4.75. The van der Waals surface area contributed by atoms with E-state index in [1.165, 1.54) is 6.42 Å². The van der Waals surface area contributed by atoms with Crippen LogP contribution >= 0.6 is 0 Å². The van der Waals surface area contributed by atoms with Gasteiger partial charge in [0.1, 0.15) is 12.1 Å². The zero-order valence-electron chi connectivity index (χ0n) is 17.7. The summed E-state index contributed by atoms with van der Waals surface area (Å²) in [5.41, 5.74) is 12.3. The van der Waals surface area contributed by atoms with Crippen molar-refractivity contribution in [2.75, 3.05) is 6.54 Å². The molecule has 1 saturated heterocycles. The molecule has 7 heteroatoms. The van der Waals surface area contributed by atoms with Crippen LogP contribution in [0.1, 0.15) is 63.4 Å². The van der Waals surface area contributed by atoms with Crippen molar-refractivity contribution >= 4 is 17.8 Å². The van der Waals surface area contributed by atoms with E-state index in [2.05, 4.69) is 0 Å². The maximum Gasteiger partial charge on any atom is 0.328 e. The number of carbonyl (C=O) groups excluding carboxylic acids is 3. The van der Waals surface area contributed by atoms with Crippen molar-refractivity contribution in [3.63, 3.8) is 0 Å². The zero-order valence-corrected chi connectivity index (χ0v) is 17.7. The van der Waals surface area contributed by atoms with Gasteiger partial charge < -0.3 is 16.4 Å². The van der Waals surface area contributed by atoms with Gasteiger partial charge in [-0.2, -0.15) is 0 Å². The molecule has 0 unspecified atom stereocenters. The van der Waals surface area contributed by atoms with Crippen LogP contribution in [0, 0.1) is 5.92 Å². The minimum Gasteiger partial charge on any atom is -0.368 e. The van der Waals surface area contributed by atoms with E-state index in [-0.39, 0.29) is 5.91 Å². The van der Waals surface area contributed by atoms with Gasteiger partial charge in [0, 0.05) is 6.54 Å². The molecule has 7 nitrogen and oxygen atoms in total. The maximum absolute atomic E-state index is 13.3. The normalized spacial score (nSPS) is 21.3. The molecule has 2 fully saturated rings. The van der Waals surface area contributed by atoms with Gasteiger partial charge in [-0.1, -0.05) is 62.4 Å². The molecular formula is C23H34N4O3. The van der Waals surface area contributed by atoms with E-state index >= 15 is 0 Å². The van der Waals surface area contributed by atoms with Gasteiger partial charge in [-0.3, -0.25) is 9.59 Å². The number of unbranched alkanes of at least 4 members (excludes halogenated alkanes) is 1. The van der Waals surface area contributed by atoms with E-state index in [1.54, 1.807) is 4.90 Å². The number of nitrogens with two attached hydrogens (primary N) is 2. The largest absolute Gasteiger partial charge is 0.368 e. The number of amides is 4. The molecule has 1 saturated carbocycles. The predicted molar refractivity (Wildman–Crippen MR) is 115 cm³/mol. The van der Waals surface area contributed by atoms with Gasteiger partial charge in [0.05, 0.1) is 0 Å².